The number of benzene rings is 2. The molecular formula is C16H12ClN3O3. The number of carbonyl (C=O) groups excluding carboxylic acids is 1. The topological polar surface area (TPSA) is 77.2 Å². The van der Waals surface area contributed by atoms with Crippen molar-refractivity contribution in [3.05, 3.63) is 59.4 Å². The number of rotatable bonds is 4. The molecule has 1 N–H and O–H groups in total. The van der Waals surface area contributed by atoms with Crippen molar-refractivity contribution < 1.29 is 13.9 Å². The largest absolute Gasteiger partial charge is 0.497 e. The second kappa shape index (κ2) is 6.50. The molecule has 1 heterocycles. The van der Waals surface area contributed by atoms with Gasteiger partial charge in [0.15, 0.2) is 0 Å². The summed E-state index contributed by atoms with van der Waals surface area (Å²) in [6.07, 6.45) is 0. The molecule has 0 aliphatic rings. The number of anilines is 1. The molecule has 0 atom stereocenters. The number of hydrogen-bond donors (Lipinski definition) is 1. The molecule has 0 spiro atoms. The Kier molecular flexibility index (Phi) is 4.25. The molecule has 23 heavy (non-hydrogen) atoms. The summed E-state index contributed by atoms with van der Waals surface area (Å²) < 4.78 is 10.4. The van der Waals surface area contributed by atoms with E-state index in [-0.39, 0.29) is 11.8 Å². The van der Waals surface area contributed by atoms with Crippen LogP contribution in [0.3, 0.4) is 0 Å². The van der Waals surface area contributed by atoms with Crippen LogP contribution in [0.2, 0.25) is 5.02 Å². The van der Waals surface area contributed by atoms with E-state index < -0.39 is 5.91 Å². The Hall–Kier alpha value is -2.86. The summed E-state index contributed by atoms with van der Waals surface area (Å²) in [6.45, 7) is 0. The van der Waals surface area contributed by atoms with E-state index in [4.69, 9.17) is 20.8 Å². The van der Waals surface area contributed by atoms with Crippen molar-refractivity contribution in [2.45, 2.75) is 0 Å². The Morgan fingerprint density at radius 1 is 1.09 bits per heavy atom. The predicted molar refractivity (Wildman–Crippen MR) is 85.7 cm³/mol. The van der Waals surface area contributed by atoms with Crippen LogP contribution in [0, 0.1) is 0 Å². The molecule has 0 aliphatic carbocycles. The zero-order valence-corrected chi connectivity index (χ0v) is 12.9. The van der Waals surface area contributed by atoms with Crippen molar-refractivity contribution in [2.24, 2.45) is 0 Å². The summed E-state index contributed by atoms with van der Waals surface area (Å²) in [6, 6.07) is 13.8. The summed E-state index contributed by atoms with van der Waals surface area (Å²) >= 11 is 5.83. The number of methoxy groups -OCH3 is 1. The molecule has 1 aromatic heterocycles. The fraction of sp³-hybridized carbons (Fsp3) is 0.0625. The molecule has 0 unspecified atom stereocenters. The number of aromatic nitrogens is 2. The van der Waals surface area contributed by atoms with Crippen LogP contribution in [-0.4, -0.2) is 23.2 Å². The Balaban J connectivity index is 1.74. The van der Waals surface area contributed by atoms with E-state index in [1.165, 1.54) is 0 Å². The Labute approximate surface area is 137 Å². The Morgan fingerprint density at radius 3 is 2.43 bits per heavy atom. The highest BCUT2D eigenvalue weighted by Crippen LogP contribution is 2.21. The molecule has 3 aromatic rings. The molecule has 6 nitrogen and oxygen atoms in total. The zero-order valence-electron chi connectivity index (χ0n) is 12.1. The lowest BCUT2D eigenvalue weighted by Gasteiger charge is -2.03. The van der Waals surface area contributed by atoms with Crippen molar-refractivity contribution in [3.63, 3.8) is 0 Å². The van der Waals surface area contributed by atoms with Crippen molar-refractivity contribution in [1.82, 2.24) is 10.2 Å². The molecule has 116 valence electrons. The summed E-state index contributed by atoms with van der Waals surface area (Å²) in [5.41, 5.74) is 1.28. The van der Waals surface area contributed by atoms with Gasteiger partial charge in [0.05, 0.1) is 7.11 Å². The highest BCUT2D eigenvalue weighted by Gasteiger charge is 2.16. The molecule has 0 fully saturated rings. The predicted octanol–water partition coefficient (Wildman–Crippen LogP) is 3.65. The first-order valence-electron chi connectivity index (χ1n) is 6.70. The third kappa shape index (κ3) is 3.49. The van der Waals surface area contributed by atoms with E-state index >= 15 is 0 Å². The minimum Gasteiger partial charge on any atom is -0.497 e. The standard InChI is InChI=1S/C16H12ClN3O3/c1-22-13-8-6-12(7-9-13)18-14(21)16-20-19-15(23-16)10-2-4-11(17)5-3-10/h2-9H,1H3,(H,18,21). The molecule has 7 heteroatoms. The Morgan fingerprint density at radius 2 is 1.78 bits per heavy atom. The highest BCUT2D eigenvalue weighted by atomic mass is 35.5. The SMILES string of the molecule is COc1ccc(NC(=O)c2nnc(-c3ccc(Cl)cc3)o2)cc1. The molecule has 0 saturated heterocycles. The Bertz CT molecular complexity index is 813. The van der Waals surface area contributed by atoms with Crippen LogP contribution in [0.1, 0.15) is 10.7 Å². The number of amides is 1. The van der Waals surface area contributed by atoms with E-state index in [1.54, 1.807) is 55.6 Å². The third-order valence-corrected chi connectivity index (χ3v) is 3.31. The fourth-order valence-electron chi connectivity index (χ4n) is 1.88. The fourth-order valence-corrected chi connectivity index (χ4v) is 2.01. The van der Waals surface area contributed by atoms with Crippen LogP contribution >= 0.6 is 11.6 Å². The minimum atomic E-state index is -0.483. The van der Waals surface area contributed by atoms with Crippen molar-refractivity contribution in [1.29, 1.82) is 0 Å². The van der Waals surface area contributed by atoms with E-state index in [0.29, 0.717) is 22.0 Å². The molecule has 0 saturated carbocycles. The average Bonchev–Trinajstić information content (AvgIpc) is 3.06. The van der Waals surface area contributed by atoms with Crippen LogP contribution in [0.4, 0.5) is 5.69 Å². The second-order valence-corrected chi connectivity index (χ2v) is 5.04. The number of halogens is 1. The third-order valence-electron chi connectivity index (χ3n) is 3.06. The first-order valence-corrected chi connectivity index (χ1v) is 7.08. The quantitative estimate of drug-likeness (QED) is 0.790. The normalized spacial score (nSPS) is 10.3. The second-order valence-electron chi connectivity index (χ2n) is 4.60. The molecule has 3 rings (SSSR count). The lowest BCUT2D eigenvalue weighted by atomic mass is 10.2. The van der Waals surface area contributed by atoms with E-state index in [9.17, 15) is 4.79 Å². The van der Waals surface area contributed by atoms with Crippen LogP contribution in [0.5, 0.6) is 5.75 Å². The van der Waals surface area contributed by atoms with Gasteiger partial charge in [-0.2, -0.15) is 0 Å². The molecule has 0 aliphatic heterocycles. The van der Waals surface area contributed by atoms with Gasteiger partial charge in [-0.3, -0.25) is 4.79 Å². The summed E-state index contributed by atoms with van der Waals surface area (Å²) in [5.74, 6) is 0.348. The number of nitrogens with one attached hydrogen (secondary N) is 1. The smallest absolute Gasteiger partial charge is 0.313 e. The first kappa shape index (κ1) is 15.1. The lowest BCUT2D eigenvalue weighted by Crippen LogP contribution is -2.12. The molecular weight excluding hydrogens is 318 g/mol. The van der Waals surface area contributed by atoms with Crippen LogP contribution in [0.15, 0.2) is 52.9 Å². The first-order chi connectivity index (χ1) is 11.2. The summed E-state index contributed by atoms with van der Waals surface area (Å²) in [4.78, 5) is 12.1. The van der Waals surface area contributed by atoms with Gasteiger partial charge >= 0.3 is 11.8 Å². The van der Waals surface area contributed by atoms with Crippen molar-refractivity contribution >= 4 is 23.2 Å². The molecule has 0 bridgehead atoms. The highest BCUT2D eigenvalue weighted by molar-refractivity contribution is 6.30. The van der Waals surface area contributed by atoms with Gasteiger partial charge in [0.1, 0.15) is 5.75 Å². The maximum absolute atomic E-state index is 12.1. The number of carbonyl (C=O) groups is 1. The van der Waals surface area contributed by atoms with Crippen molar-refractivity contribution in [3.8, 4) is 17.2 Å². The van der Waals surface area contributed by atoms with Gasteiger partial charge in [-0.05, 0) is 48.5 Å². The van der Waals surface area contributed by atoms with Gasteiger partial charge in [-0.25, -0.2) is 0 Å². The van der Waals surface area contributed by atoms with Crippen molar-refractivity contribution in [2.75, 3.05) is 12.4 Å². The zero-order chi connectivity index (χ0) is 16.2. The maximum Gasteiger partial charge on any atom is 0.313 e. The monoisotopic (exact) mass is 329 g/mol. The maximum atomic E-state index is 12.1. The number of ether oxygens (including phenoxy) is 1. The number of hydrogen-bond acceptors (Lipinski definition) is 5. The van der Waals surface area contributed by atoms with Gasteiger partial charge in [0, 0.05) is 16.3 Å². The van der Waals surface area contributed by atoms with Gasteiger partial charge < -0.3 is 14.5 Å². The van der Waals surface area contributed by atoms with Crippen LogP contribution in [-0.2, 0) is 0 Å². The van der Waals surface area contributed by atoms with Gasteiger partial charge in [0.25, 0.3) is 0 Å². The van der Waals surface area contributed by atoms with E-state index in [1.807, 2.05) is 0 Å². The van der Waals surface area contributed by atoms with E-state index in [0.717, 1.165) is 0 Å². The molecule has 0 radical (unpaired) electrons. The average molecular weight is 330 g/mol. The minimum absolute atomic E-state index is 0.120. The van der Waals surface area contributed by atoms with Gasteiger partial charge in [-0.15, -0.1) is 10.2 Å². The van der Waals surface area contributed by atoms with E-state index in [2.05, 4.69) is 15.5 Å². The van der Waals surface area contributed by atoms with Crippen LogP contribution in [0.25, 0.3) is 11.5 Å². The molecule has 2 aromatic carbocycles. The lowest BCUT2D eigenvalue weighted by molar-refractivity contribution is 0.0991. The summed E-state index contributed by atoms with van der Waals surface area (Å²) in [7, 11) is 1.57. The van der Waals surface area contributed by atoms with Gasteiger partial charge in [-0.1, -0.05) is 11.6 Å². The summed E-state index contributed by atoms with van der Waals surface area (Å²) in [5, 5.41) is 10.9. The van der Waals surface area contributed by atoms with Gasteiger partial charge in [0.2, 0.25) is 5.89 Å². The molecule has 1 amide bonds. The van der Waals surface area contributed by atoms with Crippen LogP contribution < -0.4 is 10.1 Å². The number of nitrogens with zero attached hydrogens (tertiary/aromatic N) is 2.